The number of sulfonamides is 1. The van der Waals surface area contributed by atoms with E-state index >= 15 is 0 Å². The van der Waals surface area contributed by atoms with Gasteiger partial charge in [0.15, 0.2) is 11.5 Å². The minimum atomic E-state index is -4.00. The van der Waals surface area contributed by atoms with Gasteiger partial charge in [0.25, 0.3) is 0 Å². The normalized spacial score (nSPS) is 13.5. The topological polar surface area (TPSA) is 192 Å². The number of methoxy groups -OCH3 is 1. The van der Waals surface area contributed by atoms with E-state index in [-0.39, 0.29) is 54.1 Å². The SMILES string of the molecule is COC(=O)CCNS(=O)(=O)c1cncc(COc2cc(OCc3cccc(-c4ccc5c(c4)OCCO5)c3C)c(Cl)cc2CNC(C)(CO)C(=O)O)c1. The van der Waals surface area contributed by atoms with Crippen LogP contribution in [0.5, 0.6) is 23.0 Å². The smallest absolute Gasteiger partial charge is 0.326 e. The highest BCUT2D eigenvalue weighted by molar-refractivity contribution is 7.89. The molecule has 1 aliphatic heterocycles. The molecule has 1 atom stereocenters. The fourth-order valence-electron chi connectivity index (χ4n) is 5.29. The summed E-state index contributed by atoms with van der Waals surface area (Å²) < 4.78 is 56.4. The lowest BCUT2D eigenvalue weighted by Crippen LogP contribution is -2.52. The Labute approximate surface area is 312 Å². The van der Waals surface area contributed by atoms with E-state index in [4.69, 9.17) is 30.5 Å². The summed E-state index contributed by atoms with van der Waals surface area (Å²) in [5, 5.41) is 22.5. The van der Waals surface area contributed by atoms with Crippen molar-refractivity contribution in [1.82, 2.24) is 15.0 Å². The number of benzene rings is 3. The second-order valence-corrected chi connectivity index (χ2v) is 14.5. The monoisotopic (exact) mass is 769 g/mol. The molecule has 0 fully saturated rings. The summed E-state index contributed by atoms with van der Waals surface area (Å²) in [5.74, 6) is 0.100. The van der Waals surface area contributed by atoms with Gasteiger partial charge in [-0.3, -0.25) is 19.9 Å². The Hall–Kier alpha value is -4.93. The number of pyridine rings is 1. The minimum absolute atomic E-state index is 0.0633. The van der Waals surface area contributed by atoms with Crippen LogP contribution in [0.3, 0.4) is 0 Å². The van der Waals surface area contributed by atoms with Crippen molar-refractivity contribution in [3.8, 4) is 34.1 Å². The zero-order chi connectivity index (χ0) is 38.2. The molecule has 3 aromatic carbocycles. The van der Waals surface area contributed by atoms with Gasteiger partial charge in [0.1, 0.15) is 48.4 Å². The van der Waals surface area contributed by atoms with Gasteiger partial charge in [0.05, 0.1) is 25.2 Å². The third kappa shape index (κ3) is 9.74. The Morgan fingerprint density at radius 3 is 2.47 bits per heavy atom. The number of esters is 1. The molecular weight excluding hydrogens is 730 g/mol. The summed E-state index contributed by atoms with van der Waals surface area (Å²) in [4.78, 5) is 27.2. The molecule has 0 radical (unpaired) electrons. The summed E-state index contributed by atoms with van der Waals surface area (Å²) in [7, 11) is -2.79. The van der Waals surface area contributed by atoms with Crippen LogP contribution in [0.15, 0.2) is 71.9 Å². The number of carboxylic acids is 1. The van der Waals surface area contributed by atoms with Crippen molar-refractivity contribution in [2.24, 2.45) is 0 Å². The lowest BCUT2D eigenvalue weighted by atomic mass is 9.96. The highest BCUT2D eigenvalue weighted by atomic mass is 35.5. The van der Waals surface area contributed by atoms with Crippen LogP contribution in [0.4, 0.5) is 0 Å². The van der Waals surface area contributed by atoms with Gasteiger partial charge in [0, 0.05) is 42.7 Å². The summed E-state index contributed by atoms with van der Waals surface area (Å²) >= 11 is 6.69. The molecule has 0 saturated carbocycles. The fourth-order valence-corrected chi connectivity index (χ4v) is 6.58. The molecule has 0 bridgehead atoms. The number of nitrogens with one attached hydrogen (secondary N) is 2. The first-order valence-electron chi connectivity index (χ1n) is 16.5. The molecule has 1 aromatic heterocycles. The molecule has 2 heterocycles. The number of aliphatic hydroxyl groups is 1. The lowest BCUT2D eigenvalue weighted by Gasteiger charge is -2.25. The van der Waals surface area contributed by atoms with Crippen LogP contribution >= 0.6 is 11.6 Å². The molecule has 4 aromatic rings. The van der Waals surface area contributed by atoms with Crippen molar-refractivity contribution < 1.29 is 51.9 Å². The number of nitrogens with zero attached hydrogens (tertiary/aromatic N) is 1. The van der Waals surface area contributed by atoms with Crippen LogP contribution < -0.4 is 29.0 Å². The number of carbonyl (C=O) groups excluding carboxylic acids is 1. The number of hydrogen-bond acceptors (Lipinski definition) is 12. The van der Waals surface area contributed by atoms with Crippen molar-refractivity contribution in [2.45, 2.75) is 50.5 Å². The highest BCUT2D eigenvalue weighted by Crippen LogP contribution is 2.37. The molecule has 1 aliphatic rings. The molecule has 282 valence electrons. The molecule has 4 N–H and O–H groups in total. The molecule has 1 unspecified atom stereocenters. The molecule has 0 saturated heterocycles. The second-order valence-electron chi connectivity index (χ2n) is 12.3. The first-order valence-corrected chi connectivity index (χ1v) is 18.4. The van der Waals surface area contributed by atoms with Crippen LogP contribution in [0.2, 0.25) is 5.02 Å². The maximum atomic E-state index is 12.8. The number of halogens is 1. The fraction of sp³-hybridized carbons (Fsp3) is 0.324. The zero-order valence-electron chi connectivity index (χ0n) is 29.3. The van der Waals surface area contributed by atoms with E-state index < -0.39 is 34.1 Å². The van der Waals surface area contributed by atoms with Gasteiger partial charge in [-0.05, 0) is 60.4 Å². The highest BCUT2D eigenvalue weighted by Gasteiger charge is 2.32. The quantitative estimate of drug-likeness (QED) is 0.111. The largest absolute Gasteiger partial charge is 0.488 e. The van der Waals surface area contributed by atoms with Crippen LogP contribution in [0, 0.1) is 6.92 Å². The zero-order valence-corrected chi connectivity index (χ0v) is 30.9. The lowest BCUT2D eigenvalue weighted by molar-refractivity contribution is -0.146. The van der Waals surface area contributed by atoms with E-state index in [0.29, 0.717) is 35.8 Å². The van der Waals surface area contributed by atoms with Crippen molar-refractivity contribution >= 4 is 33.6 Å². The molecule has 0 amide bonds. The Balaban J connectivity index is 1.37. The first-order chi connectivity index (χ1) is 25.3. The first kappa shape index (κ1) is 39.3. The van der Waals surface area contributed by atoms with Crippen molar-refractivity contribution in [1.29, 1.82) is 0 Å². The van der Waals surface area contributed by atoms with Gasteiger partial charge in [-0.1, -0.05) is 35.9 Å². The molecule has 0 aliphatic carbocycles. The van der Waals surface area contributed by atoms with Crippen LogP contribution in [-0.2, 0) is 44.1 Å². The van der Waals surface area contributed by atoms with E-state index in [1.54, 1.807) is 12.1 Å². The Morgan fingerprint density at radius 2 is 1.74 bits per heavy atom. The number of carboxylic acid groups (broad SMARTS) is 1. The molecule has 0 spiro atoms. The summed E-state index contributed by atoms with van der Waals surface area (Å²) in [6, 6.07) is 16.2. The van der Waals surface area contributed by atoms with Gasteiger partial charge < -0.3 is 33.9 Å². The van der Waals surface area contributed by atoms with E-state index in [1.807, 2.05) is 43.3 Å². The van der Waals surface area contributed by atoms with E-state index in [0.717, 1.165) is 22.3 Å². The van der Waals surface area contributed by atoms with Gasteiger partial charge >= 0.3 is 11.9 Å². The van der Waals surface area contributed by atoms with Crippen LogP contribution in [0.1, 0.15) is 35.6 Å². The van der Waals surface area contributed by atoms with Gasteiger partial charge in [-0.15, -0.1) is 0 Å². The Bertz CT molecular complexity index is 2080. The van der Waals surface area contributed by atoms with Crippen molar-refractivity contribution in [3.63, 3.8) is 0 Å². The number of rotatable bonds is 17. The number of aliphatic carboxylic acids is 1. The third-order valence-corrected chi connectivity index (χ3v) is 10.3. The van der Waals surface area contributed by atoms with Crippen LogP contribution in [0.25, 0.3) is 11.1 Å². The van der Waals surface area contributed by atoms with Gasteiger partial charge in [-0.25, -0.2) is 13.1 Å². The molecule has 14 nitrogen and oxygen atoms in total. The Kier molecular flexibility index (Phi) is 12.8. The summed E-state index contributed by atoms with van der Waals surface area (Å²) in [6.07, 6.45) is 2.45. The molecule has 53 heavy (non-hydrogen) atoms. The number of carbonyl (C=O) groups is 2. The molecule has 16 heteroatoms. The van der Waals surface area contributed by atoms with E-state index in [2.05, 4.69) is 19.8 Å². The maximum Gasteiger partial charge on any atom is 0.326 e. The number of hydrogen-bond donors (Lipinski definition) is 4. The molecular formula is C37H40ClN3O11S. The third-order valence-electron chi connectivity index (χ3n) is 8.58. The predicted octanol–water partition coefficient (Wildman–Crippen LogP) is 4.41. The van der Waals surface area contributed by atoms with Gasteiger partial charge in [-0.2, -0.15) is 0 Å². The summed E-state index contributed by atoms with van der Waals surface area (Å²) in [5.41, 5.74) is 3.00. The van der Waals surface area contributed by atoms with Crippen LogP contribution in [-0.4, -0.2) is 74.6 Å². The number of aromatic nitrogens is 1. The Morgan fingerprint density at radius 1 is 0.981 bits per heavy atom. The standard InChI is InChI=1S/C37H40ClN3O11S/c1-23-26(5-4-6-29(23)25-7-8-31-34(15-25)50-12-11-49-31)21-52-33-16-32(27(14-30(33)38)18-40-37(2,22-42)36(44)45)51-20-24-13-28(19-39-17-24)53(46,47)41-10-9-35(43)48-3/h4-8,13-17,19,40-42H,9-12,18,20-22H2,1-3H3,(H,44,45). The maximum absolute atomic E-state index is 12.8. The summed E-state index contributed by atoms with van der Waals surface area (Å²) in [6.45, 7) is 3.42. The minimum Gasteiger partial charge on any atom is -0.488 e. The van der Waals surface area contributed by atoms with E-state index in [9.17, 15) is 28.2 Å². The number of fused-ring (bicyclic) bond motifs is 1. The number of ether oxygens (including phenoxy) is 5. The van der Waals surface area contributed by atoms with Crippen molar-refractivity contribution in [3.05, 3.63) is 94.3 Å². The van der Waals surface area contributed by atoms with E-state index in [1.165, 1.54) is 32.5 Å². The van der Waals surface area contributed by atoms with Crippen molar-refractivity contribution in [2.75, 3.05) is 33.5 Å². The molecule has 5 rings (SSSR count). The predicted molar refractivity (Wildman–Crippen MR) is 194 cm³/mol. The van der Waals surface area contributed by atoms with Gasteiger partial charge in [0.2, 0.25) is 10.0 Å². The average molecular weight is 770 g/mol. The average Bonchev–Trinajstić information content (AvgIpc) is 3.16. The number of aliphatic hydroxyl groups excluding tert-OH is 1. The second kappa shape index (κ2) is 17.3.